The zero-order chi connectivity index (χ0) is 14.6. The number of nitrogen functional groups attached to an aromatic ring is 1. The molecule has 0 amide bonds. The summed E-state index contributed by atoms with van der Waals surface area (Å²) in [5.74, 6) is -0.503. The van der Waals surface area contributed by atoms with Crippen LogP contribution in [-0.2, 0) is 9.53 Å². The highest BCUT2D eigenvalue weighted by Gasteiger charge is 2.21. The fraction of sp³-hybridized carbons (Fsp3) is 0.462. The number of anilines is 2. The summed E-state index contributed by atoms with van der Waals surface area (Å²) in [5.41, 5.74) is 6.49. The number of halogens is 2. The molecule has 0 aliphatic heterocycles. The fourth-order valence-corrected chi connectivity index (χ4v) is 2.05. The van der Waals surface area contributed by atoms with E-state index in [2.05, 4.69) is 21.2 Å². The Kier molecular flexibility index (Phi) is 5.60. The number of ether oxygens (including phenoxy) is 1. The van der Waals surface area contributed by atoms with Gasteiger partial charge in [-0.25, -0.2) is 9.18 Å². The van der Waals surface area contributed by atoms with Crippen LogP contribution in [0.25, 0.3) is 0 Å². The smallest absolute Gasteiger partial charge is 0.328 e. The molecule has 19 heavy (non-hydrogen) atoms. The molecule has 0 aromatic heterocycles. The second-order valence-corrected chi connectivity index (χ2v) is 5.56. The Bertz CT molecular complexity index is 466. The maximum Gasteiger partial charge on any atom is 0.328 e. The maximum absolute atomic E-state index is 13.3. The summed E-state index contributed by atoms with van der Waals surface area (Å²) in [5, 5.41) is 3.00. The highest BCUT2D eigenvalue weighted by atomic mass is 79.9. The van der Waals surface area contributed by atoms with Crippen LogP contribution in [0.15, 0.2) is 16.6 Å². The molecule has 1 unspecified atom stereocenters. The van der Waals surface area contributed by atoms with Crippen LogP contribution in [-0.4, -0.2) is 19.1 Å². The van der Waals surface area contributed by atoms with Crippen LogP contribution < -0.4 is 11.1 Å². The normalized spacial score (nSPS) is 12.3. The molecule has 0 aliphatic carbocycles. The standard InChI is InChI=1S/C13H18BrFN2O2/c1-7(2)4-12(13(18)19-3)17-11-5-8(14)9(15)6-10(11)16/h5-7,12,17H,4,16H2,1-3H3. The summed E-state index contributed by atoms with van der Waals surface area (Å²) in [6.07, 6.45) is 0.598. The van der Waals surface area contributed by atoms with Gasteiger partial charge in [0, 0.05) is 6.07 Å². The van der Waals surface area contributed by atoms with E-state index in [0.29, 0.717) is 18.0 Å². The Hall–Kier alpha value is -1.30. The number of hydrogen-bond donors (Lipinski definition) is 2. The second-order valence-electron chi connectivity index (χ2n) is 4.70. The Balaban J connectivity index is 2.96. The van der Waals surface area contributed by atoms with E-state index in [1.807, 2.05) is 13.8 Å². The lowest BCUT2D eigenvalue weighted by Crippen LogP contribution is -2.32. The first-order valence-corrected chi connectivity index (χ1v) is 6.73. The molecule has 0 aliphatic rings. The van der Waals surface area contributed by atoms with E-state index in [1.54, 1.807) is 0 Å². The van der Waals surface area contributed by atoms with Crippen molar-refractivity contribution < 1.29 is 13.9 Å². The second kappa shape index (κ2) is 6.75. The van der Waals surface area contributed by atoms with Gasteiger partial charge in [0.2, 0.25) is 0 Å². The molecule has 0 saturated carbocycles. The van der Waals surface area contributed by atoms with Crippen LogP contribution >= 0.6 is 15.9 Å². The minimum absolute atomic E-state index is 0.248. The lowest BCUT2D eigenvalue weighted by molar-refractivity contribution is -0.141. The molecule has 1 atom stereocenters. The van der Waals surface area contributed by atoms with E-state index in [4.69, 9.17) is 10.5 Å². The number of methoxy groups -OCH3 is 1. The highest BCUT2D eigenvalue weighted by molar-refractivity contribution is 9.10. The first kappa shape index (κ1) is 15.8. The molecular weight excluding hydrogens is 315 g/mol. The maximum atomic E-state index is 13.3. The predicted octanol–water partition coefficient (Wildman–Crippen LogP) is 3.17. The molecular formula is C13H18BrFN2O2. The van der Waals surface area contributed by atoms with Crippen LogP contribution in [0.2, 0.25) is 0 Å². The predicted molar refractivity (Wildman–Crippen MR) is 77.4 cm³/mol. The fourth-order valence-electron chi connectivity index (χ4n) is 1.70. The molecule has 0 fully saturated rings. The van der Waals surface area contributed by atoms with E-state index >= 15 is 0 Å². The first-order chi connectivity index (χ1) is 8.85. The number of rotatable bonds is 5. The van der Waals surface area contributed by atoms with E-state index in [9.17, 15) is 9.18 Å². The third-order valence-corrected chi connectivity index (χ3v) is 3.22. The quantitative estimate of drug-likeness (QED) is 0.642. The average Bonchev–Trinajstić information content (AvgIpc) is 2.33. The summed E-state index contributed by atoms with van der Waals surface area (Å²) in [4.78, 5) is 11.7. The van der Waals surface area contributed by atoms with Crippen molar-refractivity contribution in [3.05, 3.63) is 22.4 Å². The summed E-state index contributed by atoms with van der Waals surface area (Å²) >= 11 is 3.09. The molecule has 1 rings (SSSR count). The van der Waals surface area contributed by atoms with Gasteiger partial charge < -0.3 is 15.8 Å². The number of benzene rings is 1. The number of nitrogens with one attached hydrogen (secondary N) is 1. The minimum Gasteiger partial charge on any atom is -0.467 e. The molecule has 0 bridgehead atoms. The van der Waals surface area contributed by atoms with Crippen molar-refractivity contribution in [2.24, 2.45) is 5.92 Å². The summed E-state index contributed by atoms with van der Waals surface area (Å²) in [7, 11) is 1.33. The van der Waals surface area contributed by atoms with Crippen LogP contribution in [0.4, 0.5) is 15.8 Å². The van der Waals surface area contributed by atoms with Crippen molar-refractivity contribution in [1.29, 1.82) is 0 Å². The van der Waals surface area contributed by atoms with E-state index < -0.39 is 11.9 Å². The van der Waals surface area contributed by atoms with Crippen molar-refractivity contribution >= 4 is 33.3 Å². The third-order valence-electron chi connectivity index (χ3n) is 2.61. The zero-order valence-corrected chi connectivity index (χ0v) is 12.8. The third kappa shape index (κ3) is 4.38. The Labute approximate surface area is 120 Å². The molecule has 0 spiro atoms. The number of carbonyl (C=O) groups is 1. The van der Waals surface area contributed by atoms with Gasteiger partial charge in [0.05, 0.1) is 23.0 Å². The Morgan fingerprint density at radius 2 is 2.16 bits per heavy atom. The monoisotopic (exact) mass is 332 g/mol. The molecule has 0 saturated heterocycles. The summed E-state index contributed by atoms with van der Waals surface area (Å²) in [6, 6.07) is 2.21. The lowest BCUT2D eigenvalue weighted by atomic mass is 10.0. The van der Waals surface area contributed by atoms with Crippen LogP contribution in [0.5, 0.6) is 0 Å². The number of carbonyl (C=O) groups excluding carboxylic acids is 1. The topological polar surface area (TPSA) is 64.3 Å². The van der Waals surface area contributed by atoms with E-state index in [-0.39, 0.29) is 16.1 Å². The van der Waals surface area contributed by atoms with Crippen molar-refractivity contribution in [1.82, 2.24) is 0 Å². The molecule has 1 aromatic carbocycles. The van der Waals surface area contributed by atoms with Gasteiger partial charge in [0.15, 0.2) is 0 Å². The Morgan fingerprint density at radius 3 is 2.68 bits per heavy atom. The number of hydrogen-bond acceptors (Lipinski definition) is 4. The molecule has 3 N–H and O–H groups in total. The van der Waals surface area contributed by atoms with E-state index in [0.717, 1.165) is 0 Å². The van der Waals surface area contributed by atoms with Gasteiger partial charge >= 0.3 is 5.97 Å². The molecule has 4 nitrogen and oxygen atoms in total. The number of esters is 1. The average molecular weight is 333 g/mol. The first-order valence-electron chi connectivity index (χ1n) is 5.94. The van der Waals surface area contributed by atoms with Gasteiger partial charge in [-0.1, -0.05) is 13.8 Å². The SMILES string of the molecule is COC(=O)C(CC(C)C)Nc1cc(Br)c(F)cc1N. The molecule has 0 radical (unpaired) electrons. The van der Waals surface area contributed by atoms with Crippen molar-refractivity contribution in [3.63, 3.8) is 0 Å². The van der Waals surface area contributed by atoms with Crippen molar-refractivity contribution in [2.45, 2.75) is 26.3 Å². The molecule has 1 aromatic rings. The van der Waals surface area contributed by atoms with Crippen LogP contribution in [0.1, 0.15) is 20.3 Å². The summed E-state index contributed by atoms with van der Waals surface area (Å²) in [6.45, 7) is 4.00. The van der Waals surface area contributed by atoms with Gasteiger partial charge in [0.25, 0.3) is 0 Å². The Morgan fingerprint density at radius 1 is 1.53 bits per heavy atom. The van der Waals surface area contributed by atoms with Gasteiger partial charge in [-0.2, -0.15) is 0 Å². The van der Waals surface area contributed by atoms with Gasteiger partial charge in [-0.15, -0.1) is 0 Å². The largest absolute Gasteiger partial charge is 0.467 e. The van der Waals surface area contributed by atoms with Crippen molar-refractivity contribution in [2.75, 3.05) is 18.2 Å². The molecule has 0 heterocycles. The minimum atomic E-state index is -0.510. The lowest BCUT2D eigenvalue weighted by Gasteiger charge is -2.20. The van der Waals surface area contributed by atoms with E-state index in [1.165, 1.54) is 19.2 Å². The summed E-state index contributed by atoms with van der Waals surface area (Å²) < 4.78 is 18.3. The highest BCUT2D eigenvalue weighted by Crippen LogP contribution is 2.28. The van der Waals surface area contributed by atoms with Crippen LogP contribution in [0.3, 0.4) is 0 Å². The van der Waals surface area contributed by atoms with Gasteiger partial charge in [0.1, 0.15) is 11.9 Å². The number of nitrogens with two attached hydrogens (primary N) is 1. The zero-order valence-electron chi connectivity index (χ0n) is 11.2. The molecule has 106 valence electrons. The van der Waals surface area contributed by atoms with Crippen LogP contribution in [0, 0.1) is 11.7 Å². The van der Waals surface area contributed by atoms with Crippen molar-refractivity contribution in [3.8, 4) is 0 Å². The molecule has 6 heteroatoms. The van der Waals surface area contributed by atoms with Gasteiger partial charge in [-0.05, 0) is 34.3 Å². The van der Waals surface area contributed by atoms with Gasteiger partial charge in [-0.3, -0.25) is 0 Å².